The fourth-order valence-electron chi connectivity index (χ4n) is 3.37. The van der Waals surface area contributed by atoms with Gasteiger partial charge in [-0.25, -0.2) is 4.39 Å². The van der Waals surface area contributed by atoms with Gasteiger partial charge in [0, 0.05) is 24.7 Å². The summed E-state index contributed by atoms with van der Waals surface area (Å²) in [5, 5.41) is 4.44. The number of nitrogens with zero attached hydrogens (tertiary/aromatic N) is 3. The smallest absolute Gasteiger partial charge is 0.279 e. The second-order valence-corrected chi connectivity index (χ2v) is 6.09. The van der Waals surface area contributed by atoms with Crippen molar-refractivity contribution in [2.75, 3.05) is 11.4 Å². The molecular weight excluding hydrogens is 333 g/mol. The monoisotopic (exact) mass is 351 g/mol. The molecular formula is C20H18FN3O2. The number of rotatable bonds is 3. The number of hydrogen-bond acceptors (Lipinski definition) is 3. The number of fused-ring (bicyclic) bond motifs is 3. The van der Waals surface area contributed by atoms with Crippen LogP contribution in [0.15, 0.2) is 48.5 Å². The molecule has 3 aromatic rings. The lowest BCUT2D eigenvalue weighted by atomic mass is 10.0. The second kappa shape index (κ2) is 6.29. The van der Waals surface area contributed by atoms with Crippen molar-refractivity contribution in [1.29, 1.82) is 0 Å². The summed E-state index contributed by atoms with van der Waals surface area (Å²) in [4.78, 5) is 14.6. The second-order valence-electron chi connectivity index (χ2n) is 6.09. The molecule has 0 saturated carbocycles. The summed E-state index contributed by atoms with van der Waals surface area (Å²) in [7, 11) is 1.80. The summed E-state index contributed by atoms with van der Waals surface area (Å²) >= 11 is 0. The maximum absolute atomic E-state index is 14.2. The van der Waals surface area contributed by atoms with E-state index < -0.39 is 5.82 Å². The van der Waals surface area contributed by atoms with Gasteiger partial charge in [-0.2, -0.15) is 5.10 Å². The number of carbonyl (C=O) groups excluding carboxylic acids is 1. The number of ether oxygens (including phenoxy) is 1. The van der Waals surface area contributed by atoms with E-state index in [0.717, 1.165) is 22.6 Å². The van der Waals surface area contributed by atoms with E-state index in [0.29, 0.717) is 12.2 Å². The van der Waals surface area contributed by atoms with Crippen LogP contribution in [0.25, 0.3) is 11.3 Å². The largest absolute Gasteiger partial charge is 0.488 e. The van der Waals surface area contributed by atoms with Gasteiger partial charge in [0.15, 0.2) is 5.69 Å². The SMILES string of the molecule is CCN(C(=O)c1nn(C)c2c1COc1ccccc1-2)c1ccccc1F. The van der Waals surface area contributed by atoms with Gasteiger partial charge in [0.25, 0.3) is 5.91 Å². The number of carbonyl (C=O) groups is 1. The molecule has 0 saturated heterocycles. The van der Waals surface area contributed by atoms with Crippen LogP contribution in [0, 0.1) is 5.82 Å². The molecule has 2 aromatic carbocycles. The first-order chi connectivity index (χ1) is 12.6. The van der Waals surface area contributed by atoms with Crippen LogP contribution in [-0.4, -0.2) is 22.2 Å². The molecule has 0 aliphatic carbocycles. The minimum Gasteiger partial charge on any atom is -0.488 e. The molecule has 4 rings (SSSR count). The van der Waals surface area contributed by atoms with Gasteiger partial charge in [-0.1, -0.05) is 24.3 Å². The number of hydrogen-bond donors (Lipinski definition) is 0. The Morgan fingerprint density at radius 3 is 2.73 bits per heavy atom. The fraction of sp³-hybridized carbons (Fsp3) is 0.200. The molecule has 0 N–H and O–H groups in total. The van der Waals surface area contributed by atoms with Gasteiger partial charge in [-0.15, -0.1) is 0 Å². The van der Waals surface area contributed by atoms with E-state index in [4.69, 9.17) is 4.74 Å². The van der Waals surface area contributed by atoms with Crippen molar-refractivity contribution in [3.63, 3.8) is 0 Å². The summed E-state index contributed by atoms with van der Waals surface area (Å²) in [5.74, 6) is -0.00465. The molecule has 0 spiro atoms. The van der Waals surface area contributed by atoms with E-state index in [1.54, 1.807) is 29.9 Å². The zero-order valence-electron chi connectivity index (χ0n) is 14.6. The first-order valence-electron chi connectivity index (χ1n) is 8.46. The van der Waals surface area contributed by atoms with Crippen LogP contribution < -0.4 is 9.64 Å². The van der Waals surface area contributed by atoms with Crippen LogP contribution in [0.4, 0.5) is 10.1 Å². The van der Waals surface area contributed by atoms with Crippen LogP contribution in [0.5, 0.6) is 5.75 Å². The van der Waals surface area contributed by atoms with Crippen molar-refractivity contribution in [2.24, 2.45) is 7.05 Å². The van der Waals surface area contributed by atoms with E-state index in [9.17, 15) is 9.18 Å². The quantitative estimate of drug-likeness (QED) is 0.721. The molecule has 1 amide bonds. The van der Waals surface area contributed by atoms with Gasteiger partial charge in [-0.3, -0.25) is 9.48 Å². The summed E-state index contributed by atoms with van der Waals surface area (Å²) in [6.07, 6.45) is 0. The van der Waals surface area contributed by atoms with Gasteiger partial charge >= 0.3 is 0 Å². The Labute approximate surface area is 150 Å². The third-order valence-corrected chi connectivity index (χ3v) is 4.57. The van der Waals surface area contributed by atoms with E-state index in [-0.39, 0.29) is 18.2 Å². The molecule has 1 aromatic heterocycles. The van der Waals surface area contributed by atoms with Gasteiger partial charge < -0.3 is 9.64 Å². The summed E-state index contributed by atoms with van der Waals surface area (Å²) in [5.41, 5.74) is 3.03. The van der Waals surface area contributed by atoms with Crippen LogP contribution in [0.2, 0.25) is 0 Å². The zero-order valence-corrected chi connectivity index (χ0v) is 14.6. The number of aromatic nitrogens is 2. The molecule has 0 fully saturated rings. The van der Waals surface area contributed by atoms with E-state index >= 15 is 0 Å². The van der Waals surface area contributed by atoms with Crippen LogP contribution in [-0.2, 0) is 13.7 Å². The fourth-order valence-corrected chi connectivity index (χ4v) is 3.37. The normalized spacial score (nSPS) is 12.1. The molecule has 5 nitrogen and oxygen atoms in total. The Morgan fingerprint density at radius 2 is 1.96 bits per heavy atom. The van der Waals surface area contributed by atoms with Crippen LogP contribution in [0.1, 0.15) is 23.0 Å². The lowest BCUT2D eigenvalue weighted by Crippen LogP contribution is -2.32. The maximum Gasteiger partial charge on any atom is 0.279 e. The highest BCUT2D eigenvalue weighted by molar-refractivity contribution is 6.06. The van der Waals surface area contributed by atoms with Crippen molar-refractivity contribution >= 4 is 11.6 Å². The van der Waals surface area contributed by atoms with E-state index in [1.165, 1.54) is 11.0 Å². The third-order valence-electron chi connectivity index (χ3n) is 4.57. The van der Waals surface area contributed by atoms with Crippen molar-refractivity contribution < 1.29 is 13.9 Å². The number of halogens is 1. The minimum atomic E-state index is -0.436. The molecule has 26 heavy (non-hydrogen) atoms. The average Bonchev–Trinajstić information content (AvgIpc) is 3.01. The standard InChI is InChI=1S/C20H18FN3O2/c1-3-24(16-10-6-5-9-15(16)21)20(25)18-14-12-26-17-11-7-4-8-13(17)19(14)23(2)22-18/h4-11H,3,12H2,1-2H3. The van der Waals surface area contributed by atoms with Crippen LogP contribution in [0.3, 0.4) is 0 Å². The molecule has 0 bridgehead atoms. The molecule has 2 heterocycles. The van der Waals surface area contributed by atoms with Gasteiger partial charge in [0.1, 0.15) is 18.2 Å². The molecule has 1 aliphatic rings. The summed E-state index contributed by atoms with van der Waals surface area (Å²) in [6.45, 7) is 2.41. The van der Waals surface area contributed by atoms with Crippen LogP contribution >= 0.6 is 0 Å². The van der Waals surface area contributed by atoms with E-state index in [1.807, 2.05) is 31.2 Å². The number of amides is 1. The third kappa shape index (κ3) is 2.45. The number of aryl methyl sites for hydroxylation is 1. The van der Waals surface area contributed by atoms with Crippen molar-refractivity contribution in [3.8, 4) is 17.0 Å². The maximum atomic E-state index is 14.2. The summed E-state index contributed by atoms with van der Waals surface area (Å²) in [6, 6.07) is 13.9. The van der Waals surface area contributed by atoms with Crippen molar-refractivity contribution in [1.82, 2.24) is 9.78 Å². The summed E-state index contributed by atoms with van der Waals surface area (Å²) < 4.78 is 21.7. The highest BCUT2D eigenvalue weighted by Crippen LogP contribution is 2.38. The molecule has 1 aliphatic heterocycles. The van der Waals surface area contributed by atoms with Gasteiger partial charge in [-0.05, 0) is 31.2 Å². The molecule has 0 unspecified atom stereocenters. The Kier molecular flexibility index (Phi) is 3.95. The highest BCUT2D eigenvalue weighted by Gasteiger charge is 2.31. The topological polar surface area (TPSA) is 47.4 Å². The first kappa shape index (κ1) is 16.3. The molecule has 6 heteroatoms. The Hall–Kier alpha value is -3.15. The van der Waals surface area contributed by atoms with Gasteiger partial charge in [0.2, 0.25) is 0 Å². The van der Waals surface area contributed by atoms with Crippen molar-refractivity contribution in [2.45, 2.75) is 13.5 Å². The lowest BCUT2D eigenvalue weighted by Gasteiger charge is -2.22. The van der Waals surface area contributed by atoms with Gasteiger partial charge in [0.05, 0.1) is 11.4 Å². The zero-order chi connectivity index (χ0) is 18.3. The Balaban J connectivity index is 1.81. The Bertz CT molecular complexity index is 996. The first-order valence-corrected chi connectivity index (χ1v) is 8.46. The molecule has 132 valence electrons. The lowest BCUT2D eigenvalue weighted by molar-refractivity contribution is 0.0979. The predicted octanol–water partition coefficient (Wildman–Crippen LogP) is 3.79. The number of anilines is 1. The molecule has 0 atom stereocenters. The Morgan fingerprint density at radius 1 is 1.23 bits per heavy atom. The van der Waals surface area contributed by atoms with E-state index in [2.05, 4.69) is 5.10 Å². The average molecular weight is 351 g/mol. The number of benzene rings is 2. The van der Waals surface area contributed by atoms with Crippen molar-refractivity contribution in [3.05, 3.63) is 65.6 Å². The minimum absolute atomic E-state index is 0.247. The number of para-hydroxylation sites is 2. The highest BCUT2D eigenvalue weighted by atomic mass is 19.1. The predicted molar refractivity (Wildman–Crippen MR) is 96.7 cm³/mol. The molecule has 0 radical (unpaired) electrons.